The summed E-state index contributed by atoms with van der Waals surface area (Å²) < 4.78 is 11.0. The number of aryl methyl sites for hydroxylation is 1. The molecule has 1 fully saturated rings. The Hall–Kier alpha value is -1.09. The van der Waals surface area contributed by atoms with Gasteiger partial charge in [-0.2, -0.15) is 0 Å². The molecule has 3 heteroatoms. The summed E-state index contributed by atoms with van der Waals surface area (Å²) in [6.45, 7) is 3.45. The maximum Gasteiger partial charge on any atom is 0.213 e. The fraction of sp³-hybridized carbons (Fsp3) is 0.545. The van der Waals surface area contributed by atoms with E-state index in [4.69, 9.17) is 9.47 Å². The van der Waals surface area contributed by atoms with Crippen LogP contribution in [-0.2, 0) is 4.74 Å². The zero-order valence-electron chi connectivity index (χ0n) is 8.40. The number of hydrogen-bond donors (Lipinski definition) is 0. The SMILES string of the molecule is Cc1cccc(OCC2CCCO2)n1. The van der Waals surface area contributed by atoms with Crippen LogP contribution in [0.5, 0.6) is 5.88 Å². The molecule has 0 radical (unpaired) electrons. The van der Waals surface area contributed by atoms with E-state index in [0.717, 1.165) is 25.1 Å². The maximum atomic E-state index is 5.53. The van der Waals surface area contributed by atoms with Crippen LogP contribution in [0.1, 0.15) is 18.5 Å². The van der Waals surface area contributed by atoms with Crippen molar-refractivity contribution in [1.82, 2.24) is 4.98 Å². The van der Waals surface area contributed by atoms with Crippen LogP contribution in [-0.4, -0.2) is 24.3 Å². The largest absolute Gasteiger partial charge is 0.475 e. The first-order chi connectivity index (χ1) is 6.84. The molecule has 1 atom stereocenters. The van der Waals surface area contributed by atoms with Crippen LogP contribution >= 0.6 is 0 Å². The molecule has 0 aliphatic carbocycles. The number of pyridine rings is 1. The van der Waals surface area contributed by atoms with E-state index >= 15 is 0 Å². The molecule has 1 aromatic heterocycles. The molecular weight excluding hydrogens is 178 g/mol. The van der Waals surface area contributed by atoms with Gasteiger partial charge in [-0.1, -0.05) is 6.07 Å². The van der Waals surface area contributed by atoms with Gasteiger partial charge in [0.25, 0.3) is 0 Å². The van der Waals surface area contributed by atoms with Crippen molar-refractivity contribution in [3.8, 4) is 5.88 Å². The van der Waals surface area contributed by atoms with Gasteiger partial charge in [-0.15, -0.1) is 0 Å². The summed E-state index contributed by atoms with van der Waals surface area (Å²) in [4.78, 5) is 4.26. The third kappa shape index (κ3) is 2.45. The molecule has 0 bridgehead atoms. The van der Waals surface area contributed by atoms with Gasteiger partial charge in [0.15, 0.2) is 0 Å². The smallest absolute Gasteiger partial charge is 0.213 e. The Morgan fingerprint density at radius 3 is 3.21 bits per heavy atom. The number of nitrogens with zero attached hydrogens (tertiary/aromatic N) is 1. The van der Waals surface area contributed by atoms with E-state index in [0.29, 0.717) is 12.5 Å². The van der Waals surface area contributed by atoms with Crippen LogP contribution in [0.3, 0.4) is 0 Å². The Bertz CT molecular complexity index is 295. The predicted octanol–water partition coefficient (Wildman–Crippen LogP) is 1.95. The first-order valence-corrected chi connectivity index (χ1v) is 5.02. The molecule has 1 aliphatic rings. The van der Waals surface area contributed by atoms with Gasteiger partial charge in [-0.3, -0.25) is 0 Å². The Morgan fingerprint density at radius 2 is 2.50 bits per heavy atom. The normalized spacial score (nSPS) is 21.1. The van der Waals surface area contributed by atoms with Gasteiger partial charge in [0.1, 0.15) is 6.61 Å². The molecule has 1 aliphatic heterocycles. The first-order valence-electron chi connectivity index (χ1n) is 5.02. The monoisotopic (exact) mass is 193 g/mol. The highest BCUT2D eigenvalue weighted by Gasteiger charge is 2.15. The van der Waals surface area contributed by atoms with Gasteiger partial charge < -0.3 is 9.47 Å². The molecule has 0 aromatic carbocycles. The topological polar surface area (TPSA) is 31.4 Å². The van der Waals surface area contributed by atoms with E-state index in [1.54, 1.807) is 0 Å². The minimum Gasteiger partial charge on any atom is -0.475 e. The number of rotatable bonds is 3. The summed E-state index contributed by atoms with van der Waals surface area (Å²) in [6.07, 6.45) is 2.51. The van der Waals surface area contributed by atoms with Crippen LogP contribution in [0.4, 0.5) is 0 Å². The van der Waals surface area contributed by atoms with Crippen molar-refractivity contribution < 1.29 is 9.47 Å². The molecule has 3 nitrogen and oxygen atoms in total. The van der Waals surface area contributed by atoms with Crippen molar-refractivity contribution in [3.05, 3.63) is 23.9 Å². The standard InChI is InChI=1S/C11H15NO2/c1-9-4-2-6-11(12-9)14-8-10-5-3-7-13-10/h2,4,6,10H,3,5,7-8H2,1H3. The molecule has 2 rings (SSSR count). The molecule has 1 saturated heterocycles. The van der Waals surface area contributed by atoms with Crippen LogP contribution in [0.2, 0.25) is 0 Å². The van der Waals surface area contributed by atoms with Gasteiger partial charge in [0.2, 0.25) is 5.88 Å². The van der Waals surface area contributed by atoms with Crippen molar-refractivity contribution in [2.75, 3.05) is 13.2 Å². The average Bonchev–Trinajstić information content (AvgIpc) is 2.67. The third-order valence-electron chi connectivity index (χ3n) is 2.30. The molecular formula is C11H15NO2. The summed E-state index contributed by atoms with van der Waals surface area (Å²) in [5, 5.41) is 0. The highest BCUT2D eigenvalue weighted by atomic mass is 16.5. The van der Waals surface area contributed by atoms with Crippen LogP contribution < -0.4 is 4.74 Å². The lowest BCUT2D eigenvalue weighted by atomic mass is 10.2. The molecule has 2 heterocycles. The molecule has 1 aromatic rings. The molecule has 76 valence electrons. The Morgan fingerprint density at radius 1 is 1.57 bits per heavy atom. The molecule has 0 N–H and O–H groups in total. The minimum atomic E-state index is 0.261. The highest BCUT2D eigenvalue weighted by molar-refractivity contribution is 5.14. The number of hydrogen-bond acceptors (Lipinski definition) is 3. The molecule has 0 spiro atoms. The second-order valence-corrected chi connectivity index (χ2v) is 3.56. The molecule has 1 unspecified atom stereocenters. The number of aromatic nitrogens is 1. The first kappa shape index (κ1) is 9.46. The third-order valence-corrected chi connectivity index (χ3v) is 2.30. The summed E-state index contributed by atoms with van der Waals surface area (Å²) in [5.74, 6) is 0.695. The summed E-state index contributed by atoms with van der Waals surface area (Å²) >= 11 is 0. The van der Waals surface area contributed by atoms with E-state index in [9.17, 15) is 0 Å². The second-order valence-electron chi connectivity index (χ2n) is 3.56. The lowest BCUT2D eigenvalue weighted by Crippen LogP contribution is -2.16. The fourth-order valence-corrected chi connectivity index (χ4v) is 1.55. The van der Waals surface area contributed by atoms with Crippen LogP contribution in [0.25, 0.3) is 0 Å². The van der Waals surface area contributed by atoms with Crippen LogP contribution in [0.15, 0.2) is 18.2 Å². The van der Waals surface area contributed by atoms with Crippen LogP contribution in [0, 0.1) is 6.92 Å². The zero-order valence-corrected chi connectivity index (χ0v) is 8.40. The van der Waals surface area contributed by atoms with E-state index in [2.05, 4.69) is 4.98 Å². The molecule has 0 amide bonds. The van der Waals surface area contributed by atoms with Crippen molar-refractivity contribution in [2.45, 2.75) is 25.9 Å². The molecule has 14 heavy (non-hydrogen) atoms. The van der Waals surface area contributed by atoms with Gasteiger partial charge in [0, 0.05) is 18.4 Å². The van der Waals surface area contributed by atoms with Gasteiger partial charge >= 0.3 is 0 Å². The van der Waals surface area contributed by atoms with Gasteiger partial charge in [0.05, 0.1) is 6.10 Å². The van der Waals surface area contributed by atoms with Gasteiger partial charge in [-0.25, -0.2) is 4.98 Å². The van der Waals surface area contributed by atoms with E-state index in [1.807, 2.05) is 25.1 Å². The molecule has 0 saturated carbocycles. The van der Waals surface area contributed by atoms with Gasteiger partial charge in [-0.05, 0) is 25.8 Å². The fourth-order valence-electron chi connectivity index (χ4n) is 1.55. The van der Waals surface area contributed by atoms with E-state index < -0.39 is 0 Å². The predicted molar refractivity (Wildman–Crippen MR) is 53.4 cm³/mol. The summed E-state index contributed by atoms with van der Waals surface area (Å²) in [7, 11) is 0. The van der Waals surface area contributed by atoms with Crippen molar-refractivity contribution in [2.24, 2.45) is 0 Å². The average molecular weight is 193 g/mol. The van der Waals surface area contributed by atoms with Crippen molar-refractivity contribution in [3.63, 3.8) is 0 Å². The Kier molecular flexibility index (Phi) is 2.99. The van der Waals surface area contributed by atoms with Crippen molar-refractivity contribution in [1.29, 1.82) is 0 Å². The maximum absolute atomic E-state index is 5.53. The Balaban J connectivity index is 1.85. The number of ether oxygens (including phenoxy) is 2. The summed E-state index contributed by atoms with van der Waals surface area (Å²) in [5.41, 5.74) is 0.981. The second kappa shape index (κ2) is 4.42. The lowest BCUT2D eigenvalue weighted by molar-refractivity contribution is 0.0663. The van der Waals surface area contributed by atoms with E-state index in [-0.39, 0.29) is 6.10 Å². The Labute approximate surface area is 84.1 Å². The highest BCUT2D eigenvalue weighted by Crippen LogP contribution is 2.14. The zero-order chi connectivity index (χ0) is 9.80. The minimum absolute atomic E-state index is 0.261. The lowest BCUT2D eigenvalue weighted by Gasteiger charge is -2.10. The quantitative estimate of drug-likeness (QED) is 0.735. The summed E-state index contributed by atoms with van der Waals surface area (Å²) in [6, 6.07) is 5.79. The van der Waals surface area contributed by atoms with Crippen molar-refractivity contribution >= 4 is 0 Å². The van der Waals surface area contributed by atoms with E-state index in [1.165, 1.54) is 0 Å².